The Hall–Kier alpha value is -3.33. The number of carbonyl (C=O) groups is 2. The summed E-state index contributed by atoms with van der Waals surface area (Å²) in [5, 5.41) is 12.5. The number of sulfonamides is 1. The summed E-state index contributed by atoms with van der Waals surface area (Å²) in [7, 11) is -3.96. The van der Waals surface area contributed by atoms with Gasteiger partial charge >= 0.3 is 12.0 Å². The van der Waals surface area contributed by atoms with E-state index in [2.05, 4.69) is 10.3 Å². The molecule has 0 atom stereocenters. The van der Waals surface area contributed by atoms with Crippen molar-refractivity contribution in [1.82, 2.24) is 15.0 Å². The van der Waals surface area contributed by atoms with Crippen LogP contribution < -0.4 is 10.0 Å². The minimum absolute atomic E-state index is 0.0232. The Morgan fingerprint density at radius 3 is 2.37 bits per heavy atom. The first-order chi connectivity index (χ1) is 12.9. The molecule has 8 nitrogen and oxygen atoms in total. The van der Waals surface area contributed by atoms with E-state index in [1.165, 1.54) is 12.1 Å². The van der Waals surface area contributed by atoms with Gasteiger partial charge in [0.2, 0.25) is 0 Å². The van der Waals surface area contributed by atoms with Gasteiger partial charge in [-0.3, -0.25) is 0 Å². The standard InChI is InChI=1S/C18H17N3O5S/c22-17(23)16-14(13-8-4-5-9-15(13)20-16)10-11-19-18(24)21-27(25,26)12-6-2-1-3-7-12/h1-9,20H,10-11H2,(H,22,23)(H2,19,21,24). The van der Waals surface area contributed by atoms with Crippen LogP contribution >= 0.6 is 0 Å². The largest absolute Gasteiger partial charge is 0.477 e. The zero-order chi connectivity index (χ0) is 19.4. The van der Waals surface area contributed by atoms with E-state index in [0.717, 1.165) is 5.39 Å². The van der Waals surface area contributed by atoms with Crippen molar-refractivity contribution in [3.63, 3.8) is 0 Å². The molecule has 2 aromatic carbocycles. The van der Waals surface area contributed by atoms with E-state index in [1.54, 1.807) is 42.5 Å². The molecule has 3 rings (SSSR count). The summed E-state index contributed by atoms with van der Waals surface area (Å²) < 4.78 is 26.1. The number of carboxylic acid groups (broad SMARTS) is 1. The number of aromatic carboxylic acids is 1. The van der Waals surface area contributed by atoms with Crippen LogP contribution in [-0.2, 0) is 16.4 Å². The molecular weight excluding hydrogens is 370 g/mol. The van der Waals surface area contributed by atoms with Gasteiger partial charge in [-0.15, -0.1) is 0 Å². The molecule has 140 valence electrons. The van der Waals surface area contributed by atoms with E-state index in [4.69, 9.17) is 0 Å². The Morgan fingerprint density at radius 2 is 1.67 bits per heavy atom. The van der Waals surface area contributed by atoms with E-state index in [1.807, 2.05) is 4.72 Å². The number of urea groups is 1. The predicted molar refractivity (Wildman–Crippen MR) is 99.1 cm³/mol. The third-order valence-corrected chi connectivity index (χ3v) is 5.32. The SMILES string of the molecule is O=C(NCCc1c(C(=O)O)[nH]c2ccccc12)NS(=O)(=O)c1ccccc1. The lowest BCUT2D eigenvalue weighted by atomic mass is 10.1. The number of benzene rings is 2. The highest BCUT2D eigenvalue weighted by Crippen LogP contribution is 2.22. The number of aromatic nitrogens is 1. The average molecular weight is 387 g/mol. The zero-order valence-electron chi connectivity index (χ0n) is 14.1. The monoisotopic (exact) mass is 387 g/mol. The molecule has 3 aromatic rings. The van der Waals surface area contributed by atoms with Crippen LogP contribution in [0, 0.1) is 0 Å². The number of fused-ring (bicyclic) bond motifs is 1. The molecule has 0 aliphatic heterocycles. The minimum atomic E-state index is -3.96. The van der Waals surface area contributed by atoms with Gasteiger partial charge in [-0.2, -0.15) is 0 Å². The summed E-state index contributed by atoms with van der Waals surface area (Å²) in [5.74, 6) is -1.10. The van der Waals surface area contributed by atoms with Crippen molar-refractivity contribution < 1.29 is 23.1 Å². The molecule has 0 spiro atoms. The minimum Gasteiger partial charge on any atom is -0.477 e. The number of nitrogens with one attached hydrogen (secondary N) is 3. The first-order valence-electron chi connectivity index (χ1n) is 8.07. The number of amides is 2. The summed E-state index contributed by atoms with van der Waals surface area (Å²) in [5.41, 5.74) is 1.28. The van der Waals surface area contributed by atoms with Gasteiger partial charge in [-0.1, -0.05) is 36.4 Å². The summed E-state index contributed by atoms with van der Waals surface area (Å²) in [4.78, 5) is 26.2. The van der Waals surface area contributed by atoms with E-state index < -0.39 is 22.0 Å². The Kier molecular flexibility index (Phi) is 5.13. The maximum Gasteiger partial charge on any atom is 0.352 e. The second kappa shape index (κ2) is 7.50. The van der Waals surface area contributed by atoms with Crippen molar-refractivity contribution in [3.8, 4) is 0 Å². The van der Waals surface area contributed by atoms with E-state index in [9.17, 15) is 23.1 Å². The van der Waals surface area contributed by atoms with Gasteiger partial charge in [0.1, 0.15) is 5.69 Å². The average Bonchev–Trinajstić information content (AvgIpc) is 3.01. The third-order valence-electron chi connectivity index (χ3n) is 3.97. The van der Waals surface area contributed by atoms with Crippen molar-refractivity contribution >= 4 is 32.9 Å². The maximum absolute atomic E-state index is 12.1. The molecular formula is C18H17N3O5S. The number of hydrogen-bond donors (Lipinski definition) is 4. The van der Waals surface area contributed by atoms with Gasteiger partial charge in [0.05, 0.1) is 4.90 Å². The first-order valence-corrected chi connectivity index (χ1v) is 9.55. The Morgan fingerprint density at radius 1 is 1.00 bits per heavy atom. The van der Waals surface area contributed by atoms with Crippen LogP contribution in [0.15, 0.2) is 59.5 Å². The third kappa shape index (κ3) is 4.09. The van der Waals surface area contributed by atoms with Crippen molar-refractivity contribution in [2.24, 2.45) is 0 Å². The second-order valence-corrected chi connectivity index (χ2v) is 7.44. The number of rotatable bonds is 6. The maximum atomic E-state index is 12.1. The van der Waals surface area contributed by atoms with Crippen molar-refractivity contribution in [2.75, 3.05) is 6.54 Å². The zero-order valence-corrected chi connectivity index (χ0v) is 14.9. The number of H-pyrrole nitrogens is 1. The molecule has 4 N–H and O–H groups in total. The van der Waals surface area contributed by atoms with Crippen molar-refractivity contribution in [2.45, 2.75) is 11.3 Å². The lowest BCUT2D eigenvalue weighted by molar-refractivity contribution is 0.0690. The molecule has 0 radical (unpaired) electrons. The van der Waals surface area contributed by atoms with Crippen molar-refractivity contribution in [3.05, 3.63) is 65.9 Å². The predicted octanol–water partition coefficient (Wildman–Crippen LogP) is 2.10. The molecule has 1 heterocycles. The van der Waals surface area contributed by atoms with Gasteiger partial charge < -0.3 is 15.4 Å². The van der Waals surface area contributed by atoms with Crippen LogP contribution in [0.3, 0.4) is 0 Å². The normalized spacial score (nSPS) is 11.3. The number of para-hydroxylation sites is 1. The fourth-order valence-electron chi connectivity index (χ4n) is 2.76. The van der Waals surface area contributed by atoms with Crippen LogP contribution in [0.25, 0.3) is 10.9 Å². The Bertz CT molecular complexity index is 1090. The number of carbonyl (C=O) groups excluding carboxylic acids is 1. The van der Waals surface area contributed by atoms with Crippen LogP contribution in [0.1, 0.15) is 16.1 Å². The summed E-state index contributed by atoms with van der Waals surface area (Å²) in [6, 6.07) is 13.8. The first kappa shape index (κ1) is 18.5. The molecule has 0 unspecified atom stereocenters. The molecule has 0 bridgehead atoms. The van der Waals surface area contributed by atoms with Gasteiger partial charge in [0, 0.05) is 17.4 Å². The quantitative estimate of drug-likeness (QED) is 0.515. The smallest absolute Gasteiger partial charge is 0.352 e. The molecule has 2 amide bonds. The van der Waals surface area contributed by atoms with Crippen molar-refractivity contribution in [1.29, 1.82) is 0 Å². The fraction of sp³-hybridized carbons (Fsp3) is 0.111. The molecule has 0 saturated heterocycles. The van der Waals surface area contributed by atoms with Gasteiger partial charge in [-0.25, -0.2) is 22.7 Å². The molecule has 0 aliphatic rings. The number of hydrogen-bond acceptors (Lipinski definition) is 4. The highest BCUT2D eigenvalue weighted by Gasteiger charge is 2.19. The van der Waals surface area contributed by atoms with Gasteiger partial charge in [0.25, 0.3) is 10.0 Å². The van der Waals surface area contributed by atoms with E-state index in [0.29, 0.717) is 11.1 Å². The lowest BCUT2D eigenvalue weighted by Gasteiger charge is -2.09. The summed E-state index contributed by atoms with van der Waals surface area (Å²) in [6.07, 6.45) is 0.227. The summed E-state index contributed by atoms with van der Waals surface area (Å²) in [6.45, 7) is 0.0677. The van der Waals surface area contributed by atoms with E-state index >= 15 is 0 Å². The van der Waals surface area contributed by atoms with Gasteiger partial charge in [-0.05, 0) is 30.2 Å². The molecule has 0 saturated carbocycles. The van der Waals surface area contributed by atoms with E-state index in [-0.39, 0.29) is 23.6 Å². The molecule has 27 heavy (non-hydrogen) atoms. The molecule has 0 aliphatic carbocycles. The summed E-state index contributed by atoms with van der Waals surface area (Å²) >= 11 is 0. The Labute approximate surface area is 155 Å². The molecule has 9 heteroatoms. The van der Waals surface area contributed by atoms with Crippen LogP contribution in [-0.4, -0.2) is 37.1 Å². The lowest BCUT2D eigenvalue weighted by Crippen LogP contribution is -2.40. The highest BCUT2D eigenvalue weighted by atomic mass is 32.2. The van der Waals surface area contributed by atoms with Crippen LogP contribution in [0.5, 0.6) is 0 Å². The number of carboxylic acids is 1. The second-order valence-electron chi connectivity index (χ2n) is 5.75. The molecule has 1 aromatic heterocycles. The van der Waals surface area contributed by atoms with Crippen LogP contribution in [0.2, 0.25) is 0 Å². The Balaban J connectivity index is 1.67. The van der Waals surface area contributed by atoms with Crippen LogP contribution in [0.4, 0.5) is 4.79 Å². The number of aromatic amines is 1. The topological polar surface area (TPSA) is 128 Å². The fourth-order valence-corrected chi connectivity index (χ4v) is 3.71. The molecule has 0 fully saturated rings. The highest BCUT2D eigenvalue weighted by molar-refractivity contribution is 7.90. The van der Waals surface area contributed by atoms with Gasteiger partial charge in [0.15, 0.2) is 0 Å².